The number of hydrogen-bond acceptors (Lipinski definition) is 4. The van der Waals surface area contributed by atoms with E-state index in [1.54, 1.807) is 17.4 Å². The Labute approximate surface area is 127 Å². The van der Waals surface area contributed by atoms with Crippen molar-refractivity contribution in [3.05, 3.63) is 45.9 Å². The van der Waals surface area contributed by atoms with E-state index in [4.69, 9.17) is 11.6 Å². The molecule has 2 heterocycles. The predicted molar refractivity (Wildman–Crippen MR) is 79.3 cm³/mol. The van der Waals surface area contributed by atoms with Gasteiger partial charge in [0.1, 0.15) is 10.0 Å². The highest BCUT2D eigenvalue weighted by molar-refractivity contribution is 7.89. The molecule has 20 heavy (non-hydrogen) atoms. The summed E-state index contributed by atoms with van der Waals surface area (Å²) >= 11 is 7.51. The Hall–Kier alpha value is -0.950. The van der Waals surface area contributed by atoms with E-state index in [1.165, 1.54) is 16.6 Å². The monoisotopic (exact) mass is 328 g/mol. The molecule has 1 saturated carbocycles. The van der Waals surface area contributed by atoms with Crippen LogP contribution < -0.4 is 0 Å². The van der Waals surface area contributed by atoms with Crippen molar-refractivity contribution in [2.24, 2.45) is 0 Å². The van der Waals surface area contributed by atoms with Gasteiger partial charge in [-0.1, -0.05) is 11.6 Å². The van der Waals surface area contributed by atoms with E-state index in [1.807, 2.05) is 16.8 Å². The largest absolute Gasteiger partial charge is 0.246 e. The van der Waals surface area contributed by atoms with Gasteiger partial charge >= 0.3 is 0 Å². The van der Waals surface area contributed by atoms with Gasteiger partial charge in [-0.15, -0.1) is 0 Å². The summed E-state index contributed by atoms with van der Waals surface area (Å²) in [6.45, 7) is 0.391. The molecule has 0 saturated heterocycles. The second-order valence-electron chi connectivity index (χ2n) is 4.71. The Morgan fingerprint density at radius 1 is 1.40 bits per heavy atom. The lowest BCUT2D eigenvalue weighted by atomic mass is 10.3. The van der Waals surface area contributed by atoms with Gasteiger partial charge in [0.05, 0.1) is 0 Å². The highest BCUT2D eigenvalue weighted by Crippen LogP contribution is 2.35. The molecule has 1 aliphatic carbocycles. The zero-order valence-electron chi connectivity index (χ0n) is 10.6. The van der Waals surface area contributed by atoms with Gasteiger partial charge in [-0.05, 0) is 47.4 Å². The molecule has 0 aromatic carbocycles. The lowest BCUT2D eigenvalue weighted by molar-refractivity contribution is 0.399. The van der Waals surface area contributed by atoms with Gasteiger partial charge in [-0.25, -0.2) is 13.4 Å². The Morgan fingerprint density at radius 3 is 2.80 bits per heavy atom. The van der Waals surface area contributed by atoms with Crippen LogP contribution >= 0.6 is 22.9 Å². The SMILES string of the molecule is O=S(=O)(c1cccnc1Cl)N(Cc1ccsc1)C1CC1. The zero-order chi connectivity index (χ0) is 14.2. The minimum absolute atomic E-state index is 0.0310. The standard InChI is InChI=1S/C13H13ClN2O2S2/c14-13-12(2-1-6-15-13)20(17,18)16(11-3-4-11)8-10-5-7-19-9-10/h1-2,5-7,9,11H,3-4,8H2. The highest BCUT2D eigenvalue weighted by atomic mass is 35.5. The van der Waals surface area contributed by atoms with E-state index in [0.29, 0.717) is 6.54 Å². The molecule has 2 aromatic heterocycles. The summed E-state index contributed by atoms with van der Waals surface area (Å²) in [6.07, 6.45) is 3.30. The molecule has 0 aliphatic heterocycles. The number of pyridine rings is 1. The summed E-state index contributed by atoms with van der Waals surface area (Å²) in [5.74, 6) is 0. The van der Waals surface area contributed by atoms with Crippen molar-refractivity contribution in [2.75, 3.05) is 0 Å². The number of aromatic nitrogens is 1. The van der Waals surface area contributed by atoms with E-state index in [0.717, 1.165) is 18.4 Å². The number of hydrogen-bond donors (Lipinski definition) is 0. The molecule has 106 valence electrons. The molecule has 0 bridgehead atoms. The van der Waals surface area contributed by atoms with Gasteiger partial charge in [0.15, 0.2) is 0 Å². The maximum Gasteiger partial charge on any atom is 0.246 e. The number of halogens is 1. The minimum Gasteiger partial charge on any atom is -0.243 e. The Morgan fingerprint density at radius 2 is 2.20 bits per heavy atom. The fraction of sp³-hybridized carbons (Fsp3) is 0.308. The van der Waals surface area contributed by atoms with Gasteiger partial charge < -0.3 is 0 Å². The van der Waals surface area contributed by atoms with Crippen molar-refractivity contribution < 1.29 is 8.42 Å². The molecule has 0 unspecified atom stereocenters. The quantitative estimate of drug-likeness (QED) is 0.792. The van der Waals surface area contributed by atoms with Gasteiger partial charge in [-0.2, -0.15) is 15.6 Å². The van der Waals surface area contributed by atoms with Crippen LogP contribution in [0.4, 0.5) is 0 Å². The summed E-state index contributed by atoms with van der Waals surface area (Å²) in [4.78, 5) is 3.95. The van der Waals surface area contributed by atoms with Crippen molar-refractivity contribution in [1.82, 2.24) is 9.29 Å². The maximum absolute atomic E-state index is 12.8. The maximum atomic E-state index is 12.8. The van der Waals surface area contributed by atoms with Crippen molar-refractivity contribution >= 4 is 33.0 Å². The fourth-order valence-corrected chi connectivity index (χ4v) is 4.79. The molecule has 2 aromatic rings. The van der Waals surface area contributed by atoms with Gasteiger partial charge in [0.25, 0.3) is 0 Å². The Bertz CT molecular complexity index is 697. The first-order valence-corrected chi connectivity index (χ1v) is 8.98. The van der Waals surface area contributed by atoms with Crippen LogP contribution in [0.2, 0.25) is 5.15 Å². The Balaban J connectivity index is 1.96. The van der Waals surface area contributed by atoms with Crippen LogP contribution in [0.1, 0.15) is 18.4 Å². The Kier molecular flexibility index (Phi) is 3.81. The topological polar surface area (TPSA) is 50.3 Å². The number of rotatable bonds is 5. The van der Waals surface area contributed by atoms with E-state index in [-0.39, 0.29) is 16.1 Å². The first-order valence-electron chi connectivity index (χ1n) is 6.22. The fourth-order valence-electron chi connectivity index (χ4n) is 2.03. The third kappa shape index (κ3) is 2.74. The molecule has 1 fully saturated rings. The minimum atomic E-state index is -3.60. The second kappa shape index (κ2) is 5.44. The van der Waals surface area contributed by atoms with E-state index < -0.39 is 10.0 Å². The van der Waals surface area contributed by atoms with E-state index in [2.05, 4.69) is 4.98 Å². The lowest BCUT2D eigenvalue weighted by Crippen LogP contribution is -2.32. The normalized spacial score (nSPS) is 15.7. The molecule has 3 rings (SSSR count). The number of nitrogens with zero attached hydrogens (tertiary/aromatic N) is 2. The molecular formula is C13H13ClN2O2S2. The lowest BCUT2D eigenvalue weighted by Gasteiger charge is -2.21. The average molecular weight is 329 g/mol. The smallest absolute Gasteiger partial charge is 0.243 e. The van der Waals surface area contributed by atoms with Crippen LogP contribution in [0.15, 0.2) is 40.1 Å². The first kappa shape index (κ1) is 14.0. The van der Waals surface area contributed by atoms with Crippen LogP contribution in [0.25, 0.3) is 0 Å². The molecule has 0 radical (unpaired) electrons. The average Bonchev–Trinajstić information content (AvgIpc) is 3.12. The molecule has 1 aliphatic rings. The molecule has 0 spiro atoms. The van der Waals surface area contributed by atoms with Crippen molar-refractivity contribution in [1.29, 1.82) is 0 Å². The number of thiophene rings is 1. The molecule has 4 nitrogen and oxygen atoms in total. The van der Waals surface area contributed by atoms with Crippen molar-refractivity contribution in [3.63, 3.8) is 0 Å². The van der Waals surface area contributed by atoms with Crippen LogP contribution in [-0.4, -0.2) is 23.7 Å². The zero-order valence-corrected chi connectivity index (χ0v) is 13.0. The second-order valence-corrected chi connectivity index (χ2v) is 7.70. The predicted octanol–water partition coefficient (Wildman–Crippen LogP) is 3.15. The number of sulfonamides is 1. The molecule has 0 N–H and O–H groups in total. The summed E-state index contributed by atoms with van der Waals surface area (Å²) in [6, 6.07) is 5.12. The van der Waals surface area contributed by atoms with Crippen molar-refractivity contribution in [3.8, 4) is 0 Å². The molecular weight excluding hydrogens is 316 g/mol. The van der Waals surface area contributed by atoms with Crippen LogP contribution in [0.3, 0.4) is 0 Å². The summed E-state index contributed by atoms with van der Waals surface area (Å²) in [5, 5.41) is 3.95. The molecule has 7 heteroatoms. The van der Waals surface area contributed by atoms with E-state index in [9.17, 15) is 8.42 Å². The summed E-state index contributed by atoms with van der Waals surface area (Å²) in [7, 11) is -3.60. The van der Waals surface area contributed by atoms with Crippen LogP contribution in [0.5, 0.6) is 0 Å². The van der Waals surface area contributed by atoms with Crippen LogP contribution in [-0.2, 0) is 16.6 Å². The third-order valence-electron chi connectivity index (χ3n) is 3.18. The van der Waals surface area contributed by atoms with Gasteiger partial charge in [0.2, 0.25) is 10.0 Å². The van der Waals surface area contributed by atoms with E-state index >= 15 is 0 Å². The van der Waals surface area contributed by atoms with Crippen molar-refractivity contribution in [2.45, 2.75) is 30.3 Å². The molecule has 0 atom stereocenters. The third-order valence-corrected chi connectivity index (χ3v) is 6.26. The highest BCUT2D eigenvalue weighted by Gasteiger charge is 2.39. The summed E-state index contributed by atoms with van der Waals surface area (Å²) < 4.78 is 27.1. The molecule has 0 amide bonds. The van der Waals surface area contributed by atoms with Crippen LogP contribution in [0, 0.1) is 0 Å². The first-order chi connectivity index (χ1) is 9.59. The van der Waals surface area contributed by atoms with Gasteiger partial charge in [0, 0.05) is 18.8 Å². The summed E-state index contributed by atoms with van der Waals surface area (Å²) in [5.41, 5.74) is 1.01. The van der Waals surface area contributed by atoms with Gasteiger partial charge in [-0.3, -0.25) is 0 Å².